The van der Waals surface area contributed by atoms with Crippen LogP contribution in [0.25, 0.3) is 0 Å². The third-order valence-corrected chi connectivity index (χ3v) is 5.92. The van der Waals surface area contributed by atoms with Crippen LogP contribution in [0.5, 0.6) is 11.5 Å². The van der Waals surface area contributed by atoms with E-state index in [-0.39, 0.29) is 11.8 Å². The van der Waals surface area contributed by atoms with Gasteiger partial charge in [0.2, 0.25) is 5.91 Å². The molecule has 3 rings (SSSR count). The minimum Gasteiger partial charge on any atom is -0.497 e. The highest BCUT2D eigenvalue weighted by Crippen LogP contribution is 2.29. The lowest BCUT2D eigenvalue weighted by Crippen LogP contribution is -2.33. The van der Waals surface area contributed by atoms with E-state index in [9.17, 15) is 4.79 Å². The molecule has 0 bridgehead atoms. The summed E-state index contributed by atoms with van der Waals surface area (Å²) in [4.78, 5) is 14.5. The van der Waals surface area contributed by atoms with Gasteiger partial charge in [0.05, 0.1) is 13.7 Å². The van der Waals surface area contributed by atoms with Gasteiger partial charge in [-0.05, 0) is 81.1 Å². The van der Waals surface area contributed by atoms with E-state index in [1.807, 2.05) is 44.2 Å². The van der Waals surface area contributed by atoms with E-state index < -0.39 is 0 Å². The van der Waals surface area contributed by atoms with Crippen LogP contribution < -0.4 is 14.8 Å². The van der Waals surface area contributed by atoms with E-state index >= 15 is 0 Å². The summed E-state index contributed by atoms with van der Waals surface area (Å²) in [7, 11) is 1.67. The Bertz CT molecular complexity index is 829. The smallest absolute Gasteiger partial charge is 0.226 e. The van der Waals surface area contributed by atoms with Gasteiger partial charge in [0.15, 0.2) is 0 Å². The molecule has 0 atom stereocenters. The van der Waals surface area contributed by atoms with Crippen LogP contribution in [0.1, 0.15) is 51.0 Å². The molecular weight excluding hydrogens is 388 g/mol. The Hall–Kier alpha value is -2.53. The third kappa shape index (κ3) is 7.28. The Morgan fingerprint density at radius 2 is 1.81 bits per heavy atom. The van der Waals surface area contributed by atoms with Gasteiger partial charge < -0.3 is 19.7 Å². The molecule has 2 aromatic carbocycles. The molecule has 1 N–H and O–H groups in total. The maximum Gasteiger partial charge on any atom is 0.226 e. The Morgan fingerprint density at radius 3 is 2.55 bits per heavy atom. The maximum atomic E-state index is 12.0. The van der Waals surface area contributed by atoms with E-state index in [0.717, 1.165) is 56.3 Å². The van der Waals surface area contributed by atoms with Gasteiger partial charge >= 0.3 is 0 Å². The molecule has 0 aromatic heterocycles. The number of rotatable bonds is 10. The molecule has 5 nitrogen and oxygen atoms in total. The minimum atomic E-state index is -0.00665. The number of hydrogen-bond donors (Lipinski definition) is 1. The van der Waals surface area contributed by atoms with Gasteiger partial charge in [-0.15, -0.1) is 0 Å². The number of likely N-dealkylation sites (tertiary alicyclic amines) is 1. The number of nitrogens with one attached hydrogen (secondary N) is 1. The Morgan fingerprint density at radius 1 is 1.06 bits per heavy atom. The number of carbonyl (C=O) groups is 1. The van der Waals surface area contributed by atoms with Crippen LogP contribution in [0.4, 0.5) is 5.69 Å². The van der Waals surface area contributed by atoms with E-state index in [2.05, 4.69) is 28.4 Å². The average Bonchev–Trinajstić information content (AvgIpc) is 2.79. The Balaban J connectivity index is 1.35. The van der Waals surface area contributed by atoms with Crippen LogP contribution in [0.3, 0.4) is 0 Å². The SMILES string of the molecule is COc1cccc(OCCCCN2CCC(c3cccc(NC(=O)C(C)C)c3)CC2)c1. The largest absolute Gasteiger partial charge is 0.497 e. The summed E-state index contributed by atoms with van der Waals surface area (Å²) >= 11 is 0. The first-order valence-electron chi connectivity index (χ1n) is 11.4. The van der Waals surface area contributed by atoms with E-state index in [0.29, 0.717) is 5.92 Å². The molecule has 5 heteroatoms. The lowest BCUT2D eigenvalue weighted by atomic mass is 9.89. The highest BCUT2D eigenvalue weighted by atomic mass is 16.5. The average molecular weight is 425 g/mol. The molecule has 0 spiro atoms. The van der Waals surface area contributed by atoms with Crippen molar-refractivity contribution in [1.82, 2.24) is 4.90 Å². The number of amides is 1. The van der Waals surface area contributed by atoms with Crippen LogP contribution in [0, 0.1) is 5.92 Å². The number of piperidine rings is 1. The first-order valence-corrected chi connectivity index (χ1v) is 11.4. The first-order chi connectivity index (χ1) is 15.0. The number of carbonyl (C=O) groups excluding carboxylic acids is 1. The van der Waals surface area contributed by atoms with Crippen LogP contribution in [-0.2, 0) is 4.79 Å². The second-order valence-corrected chi connectivity index (χ2v) is 8.62. The normalized spacial score (nSPS) is 15.1. The lowest BCUT2D eigenvalue weighted by molar-refractivity contribution is -0.118. The molecule has 1 aliphatic heterocycles. The summed E-state index contributed by atoms with van der Waals surface area (Å²) in [6, 6.07) is 16.1. The molecule has 0 aliphatic carbocycles. The zero-order chi connectivity index (χ0) is 22.1. The highest BCUT2D eigenvalue weighted by Gasteiger charge is 2.20. The van der Waals surface area contributed by atoms with Crippen molar-refractivity contribution in [2.45, 2.75) is 45.4 Å². The van der Waals surface area contributed by atoms with Crippen molar-refractivity contribution in [2.24, 2.45) is 5.92 Å². The van der Waals surface area contributed by atoms with Crippen molar-refractivity contribution in [3.63, 3.8) is 0 Å². The van der Waals surface area contributed by atoms with Crippen molar-refractivity contribution in [3.05, 3.63) is 54.1 Å². The number of ether oxygens (including phenoxy) is 2. The molecule has 1 aliphatic rings. The fourth-order valence-corrected chi connectivity index (χ4v) is 3.97. The molecule has 1 amide bonds. The van der Waals surface area contributed by atoms with Crippen molar-refractivity contribution in [2.75, 3.05) is 38.7 Å². The zero-order valence-corrected chi connectivity index (χ0v) is 19.1. The lowest BCUT2D eigenvalue weighted by Gasteiger charge is -2.32. The second kappa shape index (κ2) is 11.8. The van der Waals surface area contributed by atoms with E-state index in [1.165, 1.54) is 18.4 Å². The number of methoxy groups -OCH3 is 1. The number of benzene rings is 2. The highest BCUT2D eigenvalue weighted by molar-refractivity contribution is 5.92. The standard InChI is InChI=1S/C26H36N2O3/c1-20(2)26(29)27-23-9-6-8-22(18-23)21-12-15-28(16-13-21)14-4-5-17-31-25-11-7-10-24(19-25)30-3/h6-11,18-21H,4-5,12-17H2,1-3H3,(H,27,29). The molecule has 0 saturated carbocycles. The molecule has 0 radical (unpaired) electrons. The van der Waals surface area contributed by atoms with Crippen LogP contribution in [0.2, 0.25) is 0 Å². The summed E-state index contributed by atoms with van der Waals surface area (Å²) in [5.41, 5.74) is 2.25. The molecule has 1 heterocycles. The van der Waals surface area contributed by atoms with Crippen molar-refractivity contribution < 1.29 is 14.3 Å². The summed E-state index contributed by atoms with van der Waals surface area (Å²) in [6.45, 7) is 7.95. The zero-order valence-electron chi connectivity index (χ0n) is 19.1. The summed E-state index contributed by atoms with van der Waals surface area (Å²) < 4.78 is 11.1. The molecule has 1 saturated heterocycles. The molecule has 2 aromatic rings. The van der Waals surface area contributed by atoms with Gasteiger partial charge in [-0.3, -0.25) is 4.79 Å². The molecular formula is C26H36N2O3. The van der Waals surface area contributed by atoms with Crippen LogP contribution in [0.15, 0.2) is 48.5 Å². The van der Waals surface area contributed by atoms with Crippen molar-refractivity contribution >= 4 is 11.6 Å². The molecule has 31 heavy (non-hydrogen) atoms. The van der Waals surface area contributed by atoms with Crippen LogP contribution in [-0.4, -0.2) is 44.2 Å². The Kier molecular flexibility index (Phi) is 8.77. The number of unbranched alkanes of at least 4 members (excludes halogenated alkanes) is 1. The second-order valence-electron chi connectivity index (χ2n) is 8.62. The van der Waals surface area contributed by atoms with Gasteiger partial charge in [-0.2, -0.15) is 0 Å². The van der Waals surface area contributed by atoms with Gasteiger partial charge in [-0.25, -0.2) is 0 Å². The Labute approximate surface area is 186 Å². The summed E-state index contributed by atoms with van der Waals surface area (Å²) in [5.74, 6) is 2.33. The van der Waals surface area contributed by atoms with Crippen molar-refractivity contribution in [3.8, 4) is 11.5 Å². The van der Waals surface area contributed by atoms with Crippen molar-refractivity contribution in [1.29, 1.82) is 0 Å². The van der Waals surface area contributed by atoms with E-state index in [4.69, 9.17) is 9.47 Å². The summed E-state index contributed by atoms with van der Waals surface area (Å²) in [5, 5.41) is 3.02. The van der Waals surface area contributed by atoms with Crippen LogP contribution >= 0.6 is 0 Å². The monoisotopic (exact) mass is 424 g/mol. The van der Waals surface area contributed by atoms with Gasteiger partial charge in [0.25, 0.3) is 0 Å². The number of nitrogens with zero attached hydrogens (tertiary/aromatic N) is 1. The predicted octanol–water partition coefficient (Wildman–Crippen LogP) is 5.33. The number of anilines is 1. The maximum absolute atomic E-state index is 12.0. The molecule has 1 fully saturated rings. The first kappa shape index (κ1) is 23.1. The summed E-state index contributed by atoms with van der Waals surface area (Å²) in [6.07, 6.45) is 4.53. The quantitative estimate of drug-likeness (QED) is 0.524. The minimum absolute atomic E-state index is 0.00665. The molecule has 0 unspecified atom stereocenters. The van der Waals surface area contributed by atoms with Gasteiger partial charge in [0.1, 0.15) is 11.5 Å². The topological polar surface area (TPSA) is 50.8 Å². The fraction of sp³-hybridized carbons (Fsp3) is 0.500. The fourth-order valence-electron chi connectivity index (χ4n) is 3.97. The predicted molar refractivity (Wildman–Crippen MR) is 126 cm³/mol. The van der Waals surface area contributed by atoms with Gasteiger partial charge in [0, 0.05) is 17.7 Å². The number of hydrogen-bond acceptors (Lipinski definition) is 4. The van der Waals surface area contributed by atoms with E-state index in [1.54, 1.807) is 7.11 Å². The third-order valence-electron chi connectivity index (χ3n) is 5.92. The van der Waals surface area contributed by atoms with Gasteiger partial charge in [-0.1, -0.05) is 32.0 Å². The molecule has 168 valence electrons.